The van der Waals surface area contributed by atoms with E-state index in [0.717, 1.165) is 11.1 Å². The molecule has 1 aromatic carbocycles. The third-order valence-corrected chi connectivity index (χ3v) is 2.05. The third kappa shape index (κ3) is 3.67. The summed E-state index contributed by atoms with van der Waals surface area (Å²) in [6.45, 7) is 4.15. The lowest BCUT2D eigenvalue weighted by Gasteiger charge is -2.05. The van der Waals surface area contributed by atoms with E-state index in [-0.39, 0.29) is 17.4 Å². The summed E-state index contributed by atoms with van der Waals surface area (Å²) >= 11 is 4.68. The lowest BCUT2D eigenvalue weighted by molar-refractivity contribution is 0.0959. The molecule has 15 heavy (non-hydrogen) atoms. The summed E-state index contributed by atoms with van der Waals surface area (Å²) in [6, 6.07) is 5.69. The van der Waals surface area contributed by atoms with Crippen LogP contribution in [-0.4, -0.2) is 17.4 Å². The van der Waals surface area contributed by atoms with Crippen LogP contribution in [0.15, 0.2) is 18.2 Å². The molecule has 0 atom stereocenters. The van der Waals surface area contributed by atoms with E-state index in [4.69, 9.17) is 5.73 Å². The highest BCUT2D eigenvalue weighted by Gasteiger charge is 2.05. The van der Waals surface area contributed by atoms with Crippen molar-refractivity contribution < 1.29 is 4.79 Å². The number of amides is 1. The first-order chi connectivity index (χ1) is 6.99. The minimum atomic E-state index is -0.144. The molecule has 0 bridgehead atoms. The van der Waals surface area contributed by atoms with Gasteiger partial charge in [0.05, 0.1) is 11.5 Å². The maximum absolute atomic E-state index is 11.6. The normalized spacial score (nSPS) is 9.73. The molecule has 1 aromatic rings. The summed E-state index contributed by atoms with van der Waals surface area (Å²) in [6.07, 6.45) is 0. The Labute approximate surface area is 94.7 Å². The molecule has 3 N–H and O–H groups in total. The van der Waals surface area contributed by atoms with E-state index >= 15 is 0 Å². The third-order valence-electron chi connectivity index (χ3n) is 1.91. The van der Waals surface area contributed by atoms with Crippen molar-refractivity contribution >= 4 is 23.1 Å². The maximum atomic E-state index is 11.6. The first kappa shape index (κ1) is 11.7. The SMILES string of the molecule is Cc1cc(C)cc(C(=O)NCC(N)=S)c1. The van der Waals surface area contributed by atoms with Crippen molar-refractivity contribution in [2.75, 3.05) is 6.54 Å². The zero-order chi connectivity index (χ0) is 11.4. The molecule has 80 valence electrons. The number of aryl methyl sites for hydroxylation is 2. The topological polar surface area (TPSA) is 55.1 Å². The molecule has 0 aliphatic carbocycles. The minimum Gasteiger partial charge on any atom is -0.392 e. The molecular weight excluding hydrogens is 208 g/mol. The van der Waals surface area contributed by atoms with Crippen molar-refractivity contribution in [3.05, 3.63) is 34.9 Å². The Kier molecular flexibility index (Phi) is 3.80. The number of benzene rings is 1. The Morgan fingerprint density at radius 1 is 1.33 bits per heavy atom. The molecule has 0 aliphatic rings. The summed E-state index contributed by atoms with van der Waals surface area (Å²) in [7, 11) is 0. The van der Waals surface area contributed by atoms with Crippen molar-refractivity contribution in [2.45, 2.75) is 13.8 Å². The second-order valence-corrected chi connectivity index (χ2v) is 4.05. The Hall–Kier alpha value is -1.42. The van der Waals surface area contributed by atoms with Crippen LogP contribution in [0.1, 0.15) is 21.5 Å². The predicted octanol–water partition coefficient (Wildman–Crippen LogP) is 1.32. The number of thiocarbonyl (C=S) groups is 1. The summed E-state index contributed by atoms with van der Waals surface area (Å²) in [5.74, 6) is -0.144. The van der Waals surface area contributed by atoms with Crippen LogP contribution in [-0.2, 0) is 0 Å². The molecule has 0 aromatic heterocycles. The van der Waals surface area contributed by atoms with E-state index in [9.17, 15) is 4.79 Å². The van der Waals surface area contributed by atoms with E-state index in [1.807, 2.05) is 32.0 Å². The molecule has 0 aliphatic heterocycles. The lowest BCUT2D eigenvalue weighted by Crippen LogP contribution is -2.32. The van der Waals surface area contributed by atoms with Crippen molar-refractivity contribution in [1.29, 1.82) is 0 Å². The zero-order valence-electron chi connectivity index (χ0n) is 8.83. The van der Waals surface area contributed by atoms with E-state index in [2.05, 4.69) is 17.5 Å². The van der Waals surface area contributed by atoms with Crippen molar-refractivity contribution in [3.8, 4) is 0 Å². The van der Waals surface area contributed by atoms with Gasteiger partial charge < -0.3 is 11.1 Å². The fourth-order valence-electron chi connectivity index (χ4n) is 1.38. The van der Waals surface area contributed by atoms with Gasteiger partial charge in [0.25, 0.3) is 5.91 Å². The largest absolute Gasteiger partial charge is 0.392 e. The van der Waals surface area contributed by atoms with Crippen LogP contribution in [0, 0.1) is 13.8 Å². The number of hydrogen-bond donors (Lipinski definition) is 2. The van der Waals surface area contributed by atoms with Gasteiger partial charge in [0.15, 0.2) is 0 Å². The molecule has 3 nitrogen and oxygen atoms in total. The van der Waals surface area contributed by atoms with Gasteiger partial charge in [-0.05, 0) is 26.0 Å². The fraction of sp³-hybridized carbons (Fsp3) is 0.273. The van der Waals surface area contributed by atoms with E-state index in [0.29, 0.717) is 5.56 Å². The van der Waals surface area contributed by atoms with Crippen LogP contribution in [0.4, 0.5) is 0 Å². The van der Waals surface area contributed by atoms with E-state index in [1.54, 1.807) is 0 Å². The van der Waals surface area contributed by atoms with Gasteiger partial charge in [-0.25, -0.2) is 0 Å². The van der Waals surface area contributed by atoms with Gasteiger partial charge in [-0.15, -0.1) is 0 Å². The van der Waals surface area contributed by atoms with Gasteiger partial charge in [0, 0.05) is 5.56 Å². The highest BCUT2D eigenvalue weighted by atomic mass is 32.1. The summed E-state index contributed by atoms with van der Waals surface area (Å²) in [5, 5.41) is 2.65. The number of carbonyl (C=O) groups excluding carboxylic acids is 1. The van der Waals surface area contributed by atoms with E-state index in [1.165, 1.54) is 0 Å². The Balaban J connectivity index is 2.77. The molecule has 4 heteroatoms. The average molecular weight is 222 g/mol. The van der Waals surface area contributed by atoms with Gasteiger partial charge in [0.1, 0.15) is 0 Å². The van der Waals surface area contributed by atoms with Crippen molar-refractivity contribution in [3.63, 3.8) is 0 Å². The van der Waals surface area contributed by atoms with Crippen LogP contribution >= 0.6 is 12.2 Å². The van der Waals surface area contributed by atoms with Gasteiger partial charge in [-0.1, -0.05) is 29.4 Å². The lowest BCUT2D eigenvalue weighted by atomic mass is 10.1. The Morgan fingerprint density at radius 2 is 1.87 bits per heavy atom. The molecular formula is C11H14N2OS. The Bertz CT molecular complexity index is 381. The van der Waals surface area contributed by atoms with Crippen molar-refractivity contribution in [2.24, 2.45) is 5.73 Å². The van der Waals surface area contributed by atoms with Gasteiger partial charge >= 0.3 is 0 Å². The molecule has 1 amide bonds. The molecule has 0 radical (unpaired) electrons. The van der Waals surface area contributed by atoms with Crippen LogP contribution in [0.5, 0.6) is 0 Å². The monoisotopic (exact) mass is 222 g/mol. The second-order valence-electron chi connectivity index (χ2n) is 3.53. The summed E-state index contributed by atoms with van der Waals surface area (Å²) in [4.78, 5) is 11.9. The van der Waals surface area contributed by atoms with Crippen LogP contribution < -0.4 is 11.1 Å². The summed E-state index contributed by atoms with van der Waals surface area (Å²) in [5.41, 5.74) is 8.07. The molecule has 0 saturated heterocycles. The maximum Gasteiger partial charge on any atom is 0.251 e. The number of carbonyl (C=O) groups is 1. The quantitative estimate of drug-likeness (QED) is 0.758. The molecule has 0 spiro atoms. The Morgan fingerprint density at radius 3 is 2.33 bits per heavy atom. The van der Waals surface area contributed by atoms with Crippen LogP contribution in [0.2, 0.25) is 0 Å². The smallest absolute Gasteiger partial charge is 0.251 e. The molecule has 0 unspecified atom stereocenters. The number of nitrogens with one attached hydrogen (secondary N) is 1. The molecule has 0 fully saturated rings. The van der Waals surface area contributed by atoms with Crippen molar-refractivity contribution in [1.82, 2.24) is 5.32 Å². The first-order valence-electron chi connectivity index (χ1n) is 4.64. The van der Waals surface area contributed by atoms with E-state index < -0.39 is 0 Å². The minimum absolute atomic E-state index is 0.144. The predicted molar refractivity (Wildman–Crippen MR) is 65.0 cm³/mol. The van der Waals surface area contributed by atoms with Crippen LogP contribution in [0.25, 0.3) is 0 Å². The van der Waals surface area contributed by atoms with Gasteiger partial charge in [0.2, 0.25) is 0 Å². The fourth-order valence-corrected chi connectivity index (χ4v) is 1.45. The zero-order valence-corrected chi connectivity index (χ0v) is 9.65. The summed E-state index contributed by atoms with van der Waals surface area (Å²) < 4.78 is 0. The number of rotatable bonds is 3. The standard InChI is InChI=1S/C11H14N2OS/c1-7-3-8(2)5-9(4-7)11(14)13-6-10(12)15/h3-5H,6H2,1-2H3,(H2,12,15)(H,13,14). The highest BCUT2D eigenvalue weighted by molar-refractivity contribution is 7.80. The molecule has 0 heterocycles. The second kappa shape index (κ2) is 4.89. The highest BCUT2D eigenvalue weighted by Crippen LogP contribution is 2.08. The van der Waals surface area contributed by atoms with Gasteiger partial charge in [-0.3, -0.25) is 4.79 Å². The number of nitrogens with two attached hydrogens (primary N) is 1. The average Bonchev–Trinajstić information content (AvgIpc) is 2.12. The van der Waals surface area contributed by atoms with Gasteiger partial charge in [-0.2, -0.15) is 0 Å². The number of hydrogen-bond acceptors (Lipinski definition) is 2. The molecule has 1 rings (SSSR count). The first-order valence-corrected chi connectivity index (χ1v) is 5.04. The molecule has 0 saturated carbocycles. The van der Waals surface area contributed by atoms with Crippen LogP contribution in [0.3, 0.4) is 0 Å².